The zero-order chi connectivity index (χ0) is 24.5. The van der Waals surface area contributed by atoms with Gasteiger partial charge in [-0.25, -0.2) is 0 Å². The topological polar surface area (TPSA) is 61.1 Å². The predicted molar refractivity (Wildman–Crippen MR) is 139 cm³/mol. The van der Waals surface area contributed by atoms with Crippen molar-refractivity contribution in [3.8, 4) is 23.0 Å². The van der Waals surface area contributed by atoms with Gasteiger partial charge in [-0.15, -0.1) is 0 Å². The molecule has 3 rings (SSSR count). The summed E-state index contributed by atoms with van der Waals surface area (Å²) in [5.41, 5.74) is 7.90. The van der Waals surface area contributed by atoms with E-state index in [9.17, 15) is 4.79 Å². The van der Waals surface area contributed by atoms with Crippen LogP contribution in [0.3, 0.4) is 0 Å². The van der Waals surface area contributed by atoms with Crippen molar-refractivity contribution in [3.05, 3.63) is 77.0 Å². The van der Waals surface area contributed by atoms with Crippen LogP contribution >= 0.6 is 0 Å². The van der Waals surface area contributed by atoms with E-state index in [-0.39, 0.29) is 5.91 Å². The first-order valence-electron chi connectivity index (χ1n) is 12.2. The minimum atomic E-state index is 0.0809. The molecular formula is C29H36N4O. The van der Waals surface area contributed by atoms with E-state index in [4.69, 9.17) is 5.26 Å². The predicted octanol–water partition coefficient (Wildman–Crippen LogP) is 5.22. The molecule has 0 aliphatic rings. The van der Waals surface area contributed by atoms with Gasteiger partial charge in [-0.1, -0.05) is 49.7 Å². The number of aromatic nitrogens is 1. The second-order valence-corrected chi connectivity index (χ2v) is 8.74. The van der Waals surface area contributed by atoms with Crippen molar-refractivity contribution in [1.29, 1.82) is 5.26 Å². The van der Waals surface area contributed by atoms with Crippen LogP contribution in [0.4, 0.5) is 0 Å². The average Bonchev–Trinajstić information content (AvgIpc) is 3.25. The number of carbonyl (C=O) groups excluding carboxylic acids is 1. The molecule has 1 amide bonds. The number of amides is 1. The molecule has 0 saturated carbocycles. The van der Waals surface area contributed by atoms with Gasteiger partial charge in [0.15, 0.2) is 0 Å². The van der Waals surface area contributed by atoms with Crippen molar-refractivity contribution in [3.63, 3.8) is 0 Å². The molecule has 0 radical (unpaired) electrons. The number of nitrogens with zero attached hydrogens (tertiary/aromatic N) is 3. The van der Waals surface area contributed by atoms with Gasteiger partial charge in [-0.2, -0.15) is 5.26 Å². The number of carbonyl (C=O) groups is 1. The van der Waals surface area contributed by atoms with Gasteiger partial charge in [0.2, 0.25) is 5.91 Å². The Bertz CT molecular complexity index is 1130. The lowest BCUT2D eigenvalue weighted by Gasteiger charge is -2.18. The highest BCUT2D eigenvalue weighted by atomic mass is 16.1. The Kier molecular flexibility index (Phi) is 9.07. The van der Waals surface area contributed by atoms with Gasteiger partial charge >= 0.3 is 0 Å². The van der Waals surface area contributed by atoms with Crippen LogP contribution in [0.15, 0.2) is 54.6 Å². The number of rotatable bonds is 11. The first kappa shape index (κ1) is 25.3. The molecule has 0 aliphatic carbocycles. The summed E-state index contributed by atoms with van der Waals surface area (Å²) >= 11 is 0. The Morgan fingerprint density at radius 1 is 1.03 bits per heavy atom. The number of benzene rings is 2. The smallest absolute Gasteiger partial charge is 0.220 e. The molecular weight excluding hydrogens is 420 g/mol. The molecule has 3 aromatic rings. The van der Waals surface area contributed by atoms with Crippen LogP contribution in [-0.4, -0.2) is 41.6 Å². The average molecular weight is 457 g/mol. The molecule has 0 unspecified atom stereocenters. The fourth-order valence-corrected chi connectivity index (χ4v) is 4.37. The number of likely N-dealkylation sites (N-methyl/N-ethyl adjacent to an activating group) is 1. The summed E-state index contributed by atoms with van der Waals surface area (Å²) in [4.78, 5) is 14.8. The lowest BCUT2D eigenvalue weighted by molar-refractivity contribution is -0.121. The fourth-order valence-electron chi connectivity index (χ4n) is 4.37. The summed E-state index contributed by atoms with van der Waals surface area (Å²) in [5, 5.41) is 12.1. The molecule has 178 valence electrons. The Morgan fingerprint density at radius 3 is 2.41 bits per heavy atom. The first-order chi connectivity index (χ1) is 16.5. The molecule has 0 fully saturated rings. The SMILES string of the molecule is CCN(CC)CCNC(=O)CCc1ccc(-c2ccc(C)cc2C)n1-c1ccc(CC#N)cc1. The number of nitriles is 1. The summed E-state index contributed by atoms with van der Waals surface area (Å²) in [7, 11) is 0. The van der Waals surface area contributed by atoms with Crippen LogP contribution in [0.25, 0.3) is 16.9 Å². The molecule has 0 aliphatic heterocycles. The van der Waals surface area contributed by atoms with Crippen molar-refractivity contribution in [2.45, 2.75) is 47.0 Å². The van der Waals surface area contributed by atoms with Gasteiger partial charge in [-0.3, -0.25) is 4.79 Å². The summed E-state index contributed by atoms with van der Waals surface area (Å²) in [5.74, 6) is 0.0809. The molecule has 0 spiro atoms. The third-order valence-corrected chi connectivity index (χ3v) is 6.35. The van der Waals surface area contributed by atoms with E-state index >= 15 is 0 Å². The van der Waals surface area contributed by atoms with E-state index in [0.717, 1.165) is 42.3 Å². The molecule has 0 bridgehead atoms. The Morgan fingerprint density at radius 2 is 1.76 bits per heavy atom. The summed E-state index contributed by atoms with van der Waals surface area (Å²) in [6.45, 7) is 12.1. The van der Waals surface area contributed by atoms with E-state index in [0.29, 0.717) is 25.8 Å². The molecule has 1 aromatic heterocycles. The monoisotopic (exact) mass is 456 g/mol. The zero-order valence-electron chi connectivity index (χ0n) is 20.9. The van der Waals surface area contributed by atoms with E-state index in [1.807, 2.05) is 12.1 Å². The maximum atomic E-state index is 12.5. The molecule has 1 N–H and O–H groups in total. The fraction of sp³-hybridized carbons (Fsp3) is 0.379. The van der Waals surface area contributed by atoms with Gasteiger partial charge in [0, 0.05) is 36.5 Å². The lowest BCUT2D eigenvalue weighted by atomic mass is 10.0. The molecule has 1 heterocycles. The Hall–Kier alpha value is -3.36. The summed E-state index contributed by atoms with van der Waals surface area (Å²) in [6, 6.07) is 21.1. The number of aryl methyl sites for hydroxylation is 3. The second kappa shape index (κ2) is 12.2. The quantitative estimate of drug-likeness (QED) is 0.430. The third kappa shape index (κ3) is 6.36. The van der Waals surface area contributed by atoms with E-state index in [1.54, 1.807) is 0 Å². The lowest BCUT2D eigenvalue weighted by Crippen LogP contribution is -2.34. The van der Waals surface area contributed by atoms with Crippen molar-refractivity contribution >= 4 is 5.91 Å². The third-order valence-electron chi connectivity index (χ3n) is 6.35. The van der Waals surface area contributed by atoms with E-state index in [2.05, 4.69) is 91.0 Å². The highest BCUT2D eigenvalue weighted by molar-refractivity contribution is 5.76. The summed E-state index contributed by atoms with van der Waals surface area (Å²) < 4.78 is 2.25. The van der Waals surface area contributed by atoms with Crippen LogP contribution in [0.5, 0.6) is 0 Å². The maximum absolute atomic E-state index is 12.5. The second-order valence-electron chi connectivity index (χ2n) is 8.74. The number of hydrogen-bond acceptors (Lipinski definition) is 3. The van der Waals surface area contributed by atoms with Gasteiger partial charge in [-0.05, 0) is 68.8 Å². The molecule has 0 saturated heterocycles. The summed E-state index contributed by atoms with van der Waals surface area (Å²) in [6.07, 6.45) is 1.50. The maximum Gasteiger partial charge on any atom is 0.220 e. The van der Waals surface area contributed by atoms with Crippen LogP contribution in [-0.2, 0) is 17.6 Å². The molecule has 0 atom stereocenters. The van der Waals surface area contributed by atoms with Crippen LogP contribution in [0.2, 0.25) is 0 Å². The van der Waals surface area contributed by atoms with Gasteiger partial charge < -0.3 is 14.8 Å². The standard InChI is InChI=1S/C29H36N4O/c1-5-32(6-2)20-19-31-29(34)16-13-26-12-15-28(27-14-7-22(3)21-23(27)4)33(26)25-10-8-24(9-11-25)17-18-30/h7-12,14-15,21H,5-6,13,16-17,19-20H2,1-4H3,(H,31,34). The first-order valence-corrected chi connectivity index (χ1v) is 12.2. The highest BCUT2D eigenvalue weighted by Gasteiger charge is 2.15. The molecule has 5 heteroatoms. The van der Waals surface area contributed by atoms with Crippen LogP contribution in [0.1, 0.15) is 42.7 Å². The normalized spacial score (nSPS) is 10.9. The van der Waals surface area contributed by atoms with Crippen LogP contribution in [0, 0.1) is 25.2 Å². The molecule has 34 heavy (non-hydrogen) atoms. The van der Waals surface area contributed by atoms with Gasteiger partial charge in [0.1, 0.15) is 0 Å². The van der Waals surface area contributed by atoms with E-state index in [1.165, 1.54) is 16.7 Å². The van der Waals surface area contributed by atoms with Crippen molar-refractivity contribution in [1.82, 2.24) is 14.8 Å². The number of hydrogen-bond donors (Lipinski definition) is 1. The van der Waals surface area contributed by atoms with Gasteiger partial charge in [0.25, 0.3) is 0 Å². The van der Waals surface area contributed by atoms with Gasteiger partial charge in [0.05, 0.1) is 18.2 Å². The zero-order valence-corrected chi connectivity index (χ0v) is 20.9. The Labute approximate surface area is 204 Å². The minimum Gasteiger partial charge on any atom is -0.355 e. The Balaban J connectivity index is 1.84. The van der Waals surface area contributed by atoms with Crippen molar-refractivity contribution in [2.24, 2.45) is 0 Å². The highest BCUT2D eigenvalue weighted by Crippen LogP contribution is 2.30. The van der Waals surface area contributed by atoms with E-state index < -0.39 is 0 Å². The van der Waals surface area contributed by atoms with Crippen LogP contribution < -0.4 is 5.32 Å². The van der Waals surface area contributed by atoms with Crippen molar-refractivity contribution in [2.75, 3.05) is 26.2 Å². The van der Waals surface area contributed by atoms with Crippen molar-refractivity contribution < 1.29 is 4.79 Å². The number of nitrogens with one attached hydrogen (secondary N) is 1. The molecule has 5 nitrogen and oxygen atoms in total. The minimum absolute atomic E-state index is 0.0809. The molecule has 2 aromatic carbocycles. The largest absolute Gasteiger partial charge is 0.355 e.